The van der Waals surface area contributed by atoms with Crippen molar-refractivity contribution in [3.63, 3.8) is 0 Å². The van der Waals surface area contributed by atoms with Crippen molar-refractivity contribution in [1.29, 1.82) is 0 Å². The minimum Gasteiger partial charge on any atom is -0.383 e. The summed E-state index contributed by atoms with van der Waals surface area (Å²) in [5.74, 6) is 0. The SMILES string of the molecule is Cc1cnccc1NCC1COCCN1. The highest BCUT2D eigenvalue weighted by molar-refractivity contribution is 5.48. The summed E-state index contributed by atoms with van der Waals surface area (Å²) in [4.78, 5) is 4.06. The fourth-order valence-corrected chi connectivity index (χ4v) is 1.66. The van der Waals surface area contributed by atoms with E-state index in [0.717, 1.165) is 32.0 Å². The first kappa shape index (κ1) is 10.4. The Hall–Kier alpha value is -1.13. The lowest BCUT2D eigenvalue weighted by atomic mass is 10.2. The smallest absolute Gasteiger partial charge is 0.0637 e. The second kappa shape index (κ2) is 5.09. The van der Waals surface area contributed by atoms with E-state index in [1.807, 2.05) is 12.3 Å². The average Bonchev–Trinajstić information content (AvgIpc) is 2.29. The second-order valence-corrected chi connectivity index (χ2v) is 3.80. The number of nitrogens with zero attached hydrogens (tertiary/aromatic N) is 1. The van der Waals surface area contributed by atoms with Gasteiger partial charge in [0.1, 0.15) is 0 Å². The predicted molar refractivity (Wildman–Crippen MR) is 60.1 cm³/mol. The number of pyridine rings is 1. The highest BCUT2D eigenvalue weighted by atomic mass is 16.5. The summed E-state index contributed by atoms with van der Waals surface area (Å²) in [7, 11) is 0. The van der Waals surface area contributed by atoms with Crippen LogP contribution in [0.25, 0.3) is 0 Å². The molecule has 1 atom stereocenters. The van der Waals surface area contributed by atoms with Gasteiger partial charge < -0.3 is 15.4 Å². The summed E-state index contributed by atoms with van der Waals surface area (Å²) in [6.45, 7) is 5.51. The molecule has 0 radical (unpaired) electrons. The van der Waals surface area contributed by atoms with Gasteiger partial charge in [-0.05, 0) is 18.6 Å². The molecule has 2 heterocycles. The van der Waals surface area contributed by atoms with Crippen LogP contribution in [0.1, 0.15) is 5.56 Å². The molecule has 4 nitrogen and oxygen atoms in total. The fourth-order valence-electron chi connectivity index (χ4n) is 1.66. The Bertz CT molecular complexity index is 310. The van der Waals surface area contributed by atoms with Crippen LogP contribution in [0, 0.1) is 6.92 Å². The van der Waals surface area contributed by atoms with Gasteiger partial charge in [0.2, 0.25) is 0 Å². The maximum atomic E-state index is 5.39. The minimum atomic E-state index is 0.409. The van der Waals surface area contributed by atoms with Gasteiger partial charge in [-0.1, -0.05) is 0 Å². The van der Waals surface area contributed by atoms with Gasteiger partial charge in [0.25, 0.3) is 0 Å². The molecular weight excluding hydrogens is 190 g/mol. The summed E-state index contributed by atoms with van der Waals surface area (Å²) in [6, 6.07) is 2.41. The van der Waals surface area contributed by atoms with Gasteiger partial charge in [0, 0.05) is 37.2 Å². The molecule has 0 bridgehead atoms. The number of aryl methyl sites for hydroxylation is 1. The maximum Gasteiger partial charge on any atom is 0.0637 e. The summed E-state index contributed by atoms with van der Waals surface area (Å²) in [5.41, 5.74) is 2.33. The monoisotopic (exact) mass is 207 g/mol. The van der Waals surface area contributed by atoms with Crippen LogP contribution in [0.15, 0.2) is 18.5 Å². The summed E-state index contributed by atoms with van der Waals surface area (Å²) in [5, 5.41) is 6.81. The van der Waals surface area contributed by atoms with E-state index >= 15 is 0 Å². The quantitative estimate of drug-likeness (QED) is 0.769. The van der Waals surface area contributed by atoms with Gasteiger partial charge >= 0.3 is 0 Å². The number of ether oxygens (including phenoxy) is 1. The minimum absolute atomic E-state index is 0.409. The molecule has 1 aromatic rings. The van der Waals surface area contributed by atoms with E-state index in [0.29, 0.717) is 6.04 Å². The Morgan fingerprint density at radius 1 is 1.67 bits per heavy atom. The van der Waals surface area contributed by atoms with Crippen molar-refractivity contribution in [3.8, 4) is 0 Å². The molecule has 1 saturated heterocycles. The van der Waals surface area contributed by atoms with Crippen LogP contribution in [0.3, 0.4) is 0 Å². The summed E-state index contributed by atoms with van der Waals surface area (Å²) in [6.07, 6.45) is 3.67. The highest BCUT2D eigenvalue weighted by Crippen LogP contribution is 2.11. The fraction of sp³-hybridized carbons (Fsp3) is 0.545. The lowest BCUT2D eigenvalue weighted by molar-refractivity contribution is 0.0806. The van der Waals surface area contributed by atoms with E-state index in [2.05, 4.69) is 22.5 Å². The van der Waals surface area contributed by atoms with Crippen LogP contribution in [0.5, 0.6) is 0 Å². The van der Waals surface area contributed by atoms with Gasteiger partial charge in [-0.15, -0.1) is 0 Å². The Labute approximate surface area is 90.0 Å². The van der Waals surface area contributed by atoms with Crippen LogP contribution in [-0.4, -0.2) is 37.3 Å². The molecule has 4 heteroatoms. The molecule has 2 N–H and O–H groups in total. The van der Waals surface area contributed by atoms with E-state index in [9.17, 15) is 0 Å². The number of nitrogens with one attached hydrogen (secondary N) is 2. The molecule has 0 aliphatic carbocycles. The molecule has 1 aliphatic heterocycles. The third-order valence-electron chi connectivity index (χ3n) is 2.56. The van der Waals surface area contributed by atoms with Crippen LogP contribution >= 0.6 is 0 Å². The third-order valence-corrected chi connectivity index (χ3v) is 2.56. The molecule has 1 fully saturated rings. The van der Waals surface area contributed by atoms with E-state index in [1.165, 1.54) is 5.56 Å². The van der Waals surface area contributed by atoms with Crippen molar-refractivity contribution in [2.75, 3.05) is 31.6 Å². The molecule has 15 heavy (non-hydrogen) atoms. The predicted octanol–water partition coefficient (Wildman–Crippen LogP) is 0.790. The topological polar surface area (TPSA) is 46.2 Å². The van der Waals surface area contributed by atoms with E-state index in [1.54, 1.807) is 6.20 Å². The van der Waals surface area contributed by atoms with Crippen molar-refractivity contribution in [3.05, 3.63) is 24.0 Å². The van der Waals surface area contributed by atoms with Crippen LogP contribution in [0.4, 0.5) is 5.69 Å². The largest absolute Gasteiger partial charge is 0.383 e. The van der Waals surface area contributed by atoms with E-state index < -0.39 is 0 Å². The number of hydrogen-bond acceptors (Lipinski definition) is 4. The van der Waals surface area contributed by atoms with Crippen LogP contribution < -0.4 is 10.6 Å². The van der Waals surface area contributed by atoms with Crippen LogP contribution in [0.2, 0.25) is 0 Å². The van der Waals surface area contributed by atoms with E-state index in [4.69, 9.17) is 4.74 Å². The second-order valence-electron chi connectivity index (χ2n) is 3.80. The zero-order chi connectivity index (χ0) is 10.5. The molecule has 0 aromatic carbocycles. The Balaban J connectivity index is 1.84. The molecule has 1 aromatic heterocycles. The number of anilines is 1. The highest BCUT2D eigenvalue weighted by Gasteiger charge is 2.12. The van der Waals surface area contributed by atoms with Gasteiger partial charge in [-0.3, -0.25) is 4.98 Å². The molecule has 2 rings (SSSR count). The van der Waals surface area contributed by atoms with Crippen molar-refractivity contribution in [2.24, 2.45) is 0 Å². The summed E-state index contributed by atoms with van der Waals surface area (Å²) >= 11 is 0. The lowest BCUT2D eigenvalue weighted by Gasteiger charge is -2.24. The van der Waals surface area contributed by atoms with Crippen molar-refractivity contribution in [2.45, 2.75) is 13.0 Å². The van der Waals surface area contributed by atoms with Gasteiger partial charge in [0.15, 0.2) is 0 Å². The molecular formula is C11H17N3O. The number of rotatable bonds is 3. The first-order valence-electron chi connectivity index (χ1n) is 5.32. The van der Waals surface area contributed by atoms with Gasteiger partial charge in [-0.25, -0.2) is 0 Å². The first-order chi connectivity index (χ1) is 7.36. The van der Waals surface area contributed by atoms with Crippen molar-refractivity contribution in [1.82, 2.24) is 10.3 Å². The van der Waals surface area contributed by atoms with Crippen LogP contribution in [-0.2, 0) is 4.74 Å². The molecule has 1 aliphatic rings. The average molecular weight is 207 g/mol. The molecule has 0 spiro atoms. The maximum absolute atomic E-state index is 5.39. The summed E-state index contributed by atoms with van der Waals surface area (Å²) < 4.78 is 5.39. The Morgan fingerprint density at radius 3 is 3.33 bits per heavy atom. The van der Waals surface area contributed by atoms with Gasteiger partial charge in [0.05, 0.1) is 13.2 Å². The molecule has 82 valence electrons. The lowest BCUT2D eigenvalue weighted by Crippen LogP contribution is -2.45. The standard InChI is InChI=1S/C11H17N3O/c1-9-6-12-3-2-11(9)14-7-10-8-15-5-4-13-10/h2-3,6,10,13H,4-5,7-8H2,1H3,(H,12,14). The Morgan fingerprint density at radius 2 is 2.60 bits per heavy atom. The number of hydrogen-bond donors (Lipinski definition) is 2. The van der Waals surface area contributed by atoms with E-state index in [-0.39, 0.29) is 0 Å². The molecule has 1 unspecified atom stereocenters. The Kier molecular flexibility index (Phi) is 3.53. The zero-order valence-corrected chi connectivity index (χ0v) is 8.99. The van der Waals surface area contributed by atoms with Gasteiger partial charge in [-0.2, -0.15) is 0 Å². The molecule has 0 saturated carbocycles. The number of morpholine rings is 1. The normalized spacial score (nSPS) is 21.3. The number of aromatic nitrogens is 1. The zero-order valence-electron chi connectivity index (χ0n) is 8.99. The molecule has 0 amide bonds. The van der Waals surface area contributed by atoms with Crippen molar-refractivity contribution >= 4 is 5.69 Å². The first-order valence-corrected chi connectivity index (χ1v) is 5.32. The third kappa shape index (κ3) is 2.91. The van der Waals surface area contributed by atoms with Crippen molar-refractivity contribution < 1.29 is 4.74 Å².